The van der Waals surface area contributed by atoms with Gasteiger partial charge in [-0.2, -0.15) is 0 Å². The summed E-state index contributed by atoms with van der Waals surface area (Å²) in [6.45, 7) is 1.84. The van der Waals surface area contributed by atoms with E-state index >= 15 is 0 Å². The van der Waals surface area contributed by atoms with E-state index in [1.165, 1.54) is 0 Å². The van der Waals surface area contributed by atoms with Gasteiger partial charge in [-0.3, -0.25) is 4.79 Å². The molecule has 0 saturated heterocycles. The van der Waals surface area contributed by atoms with Crippen LogP contribution >= 0.6 is 11.3 Å². The van der Waals surface area contributed by atoms with E-state index in [0.717, 1.165) is 33.5 Å². The Morgan fingerprint density at radius 2 is 2.22 bits per heavy atom. The summed E-state index contributed by atoms with van der Waals surface area (Å²) in [6.07, 6.45) is 1.89. The van der Waals surface area contributed by atoms with E-state index in [1.54, 1.807) is 11.3 Å². The van der Waals surface area contributed by atoms with E-state index < -0.39 is 5.91 Å². The molecule has 0 bridgehead atoms. The summed E-state index contributed by atoms with van der Waals surface area (Å²) in [5.74, 6) is 0.00682. The minimum absolute atomic E-state index is 0.265. The molecule has 1 amide bonds. The van der Waals surface area contributed by atoms with Crippen LogP contribution in [0, 0.1) is 0 Å². The molecule has 7 nitrogen and oxygen atoms in total. The number of aryl methyl sites for hydroxylation is 1. The average Bonchev–Trinajstić information content (AvgIpc) is 2.98. The maximum atomic E-state index is 11.8. The molecule has 1 N–H and O–H groups in total. The number of nitrogens with zero attached hydrogens (tertiary/aromatic N) is 5. The van der Waals surface area contributed by atoms with Gasteiger partial charge in [0.15, 0.2) is 5.82 Å². The molecule has 0 fully saturated rings. The molecule has 0 spiro atoms. The van der Waals surface area contributed by atoms with Gasteiger partial charge in [-0.05, 0) is 24.4 Å². The summed E-state index contributed by atoms with van der Waals surface area (Å²) in [6, 6.07) is 7.77. The van der Waals surface area contributed by atoms with Crippen molar-refractivity contribution < 1.29 is 4.79 Å². The highest BCUT2D eigenvalue weighted by atomic mass is 32.1. The third-order valence-electron chi connectivity index (χ3n) is 3.28. The summed E-state index contributed by atoms with van der Waals surface area (Å²) in [5.41, 5.74) is 9.79. The van der Waals surface area contributed by atoms with Crippen LogP contribution in [0.5, 0.6) is 0 Å². The maximum Gasteiger partial charge on any atom is 0.231 e. The fourth-order valence-corrected chi connectivity index (χ4v) is 3.52. The van der Waals surface area contributed by atoms with Crippen molar-refractivity contribution in [2.45, 2.75) is 19.8 Å². The number of amides is 1. The van der Waals surface area contributed by atoms with Crippen LogP contribution < -0.4 is 5.32 Å². The Bertz CT molecular complexity index is 928. The lowest BCUT2D eigenvalue weighted by molar-refractivity contribution is -0.114. The van der Waals surface area contributed by atoms with Gasteiger partial charge in [-0.1, -0.05) is 30.2 Å². The molecule has 3 rings (SSSR count). The fourth-order valence-electron chi connectivity index (χ4n) is 2.32. The number of para-hydroxylation sites is 1. The molecule has 0 aliphatic heterocycles. The van der Waals surface area contributed by atoms with Gasteiger partial charge in [-0.15, -0.1) is 11.3 Å². The topological polar surface area (TPSA) is 104 Å². The number of carbonyl (C=O) groups excluding carboxylic acids is 1. The number of aromatic nitrogens is 2. The molecule has 0 radical (unpaired) electrons. The predicted molar refractivity (Wildman–Crippen MR) is 91.6 cm³/mol. The van der Waals surface area contributed by atoms with Crippen molar-refractivity contribution in [3.05, 3.63) is 39.7 Å². The normalized spacial score (nSPS) is 10.7. The van der Waals surface area contributed by atoms with Gasteiger partial charge < -0.3 is 5.32 Å². The maximum absolute atomic E-state index is 11.8. The Hall–Kier alpha value is -2.70. The monoisotopic (exact) mass is 326 g/mol. The Balaban J connectivity index is 2.13. The highest BCUT2D eigenvalue weighted by Gasteiger charge is 2.15. The van der Waals surface area contributed by atoms with Crippen LogP contribution in [-0.4, -0.2) is 22.4 Å². The molecule has 2 aromatic heterocycles. The molecule has 0 unspecified atom stereocenters. The smallest absolute Gasteiger partial charge is 0.231 e. The fraction of sp³-hybridized carbons (Fsp3) is 0.267. The number of fused-ring (bicyclic) bond motifs is 3. The van der Waals surface area contributed by atoms with Crippen LogP contribution in [0.25, 0.3) is 31.6 Å². The van der Waals surface area contributed by atoms with E-state index in [9.17, 15) is 4.79 Å². The van der Waals surface area contributed by atoms with Crippen molar-refractivity contribution in [1.82, 2.24) is 9.97 Å². The molecular weight excluding hydrogens is 312 g/mol. The first-order chi connectivity index (χ1) is 11.2. The number of carbonyl (C=O) groups is 1. The molecule has 0 aliphatic carbocycles. The quantitative estimate of drug-likeness (QED) is 0.434. The first-order valence-corrected chi connectivity index (χ1v) is 8.03. The lowest BCUT2D eigenvalue weighted by atomic mass is 10.2. The Labute approximate surface area is 136 Å². The number of rotatable bonds is 5. The highest BCUT2D eigenvalue weighted by molar-refractivity contribution is 7.19. The van der Waals surface area contributed by atoms with E-state index in [-0.39, 0.29) is 6.54 Å². The van der Waals surface area contributed by atoms with Crippen molar-refractivity contribution in [2.75, 3.05) is 11.9 Å². The van der Waals surface area contributed by atoms with Crippen molar-refractivity contribution in [3.63, 3.8) is 0 Å². The van der Waals surface area contributed by atoms with Crippen molar-refractivity contribution in [1.29, 1.82) is 0 Å². The third-order valence-corrected chi connectivity index (χ3v) is 4.42. The molecule has 0 saturated carbocycles. The predicted octanol–water partition coefficient (Wildman–Crippen LogP) is 4.05. The molecular formula is C15H14N6OS. The molecule has 116 valence electrons. The van der Waals surface area contributed by atoms with Gasteiger partial charge in [0.2, 0.25) is 5.91 Å². The lowest BCUT2D eigenvalue weighted by Gasteiger charge is -2.06. The van der Waals surface area contributed by atoms with Gasteiger partial charge in [0.25, 0.3) is 0 Å². The third kappa shape index (κ3) is 3.08. The largest absolute Gasteiger partial charge is 0.309 e. The van der Waals surface area contributed by atoms with Crippen LogP contribution in [0.4, 0.5) is 5.82 Å². The van der Waals surface area contributed by atoms with E-state index in [2.05, 4.69) is 32.2 Å². The summed E-state index contributed by atoms with van der Waals surface area (Å²) in [7, 11) is 0. The number of azide groups is 1. The first kappa shape index (κ1) is 15.2. The minimum Gasteiger partial charge on any atom is -0.309 e. The van der Waals surface area contributed by atoms with Crippen molar-refractivity contribution >= 4 is 44.2 Å². The Kier molecular flexibility index (Phi) is 4.36. The van der Waals surface area contributed by atoms with E-state index in [4.69, 9.17) is 5.53 Å². The van der Waals surface area contributed by atoms with Gasteiger partial charge in [0.05, 0.1) is 15.2 Å². The number of thiazole rings is 1. The van der Waals surface area contributed by atoms with Gasteiger partial charge in [-0.25, -0.2) is 9.97 Å². The summed E-state index contributed by atoms with van der Waals surface area (Å²) in [5, 5.41) is 8.01. The molecule has 0 aliphatic rings. The summed E-state index contributed by atoms with van der Waals surface area (Å²) < 4.78 is 1.01. The van der Waals surface area contributed by atoms with Gasteiger partial charge in [0, 0.05) is 10.3 Å². The highest BCUT2D eigenvalue weighted by Crippen LogP contribution is 2.33. The molecule has 23 heavy (non-hydrogen) atoms. The van der Waals surface area contributed by atoms with Gasteiger partial charge in [0.1, 0.15) is 12.1 Å². The Morgan fingerprint density at radius 1 is 1.39 bits per heavy atom. The van der Waals surface area contributed by atoms with Crippen LogP contribution in [0.1, 0.15) is 18.4 Å². The average molecular weight is 326 g/mol. The van der Waals surface area contributed by atoms with Crippen LogP contribution in [0.2, 0.25) is 0 Å². The van der Waals surface area contributed by atoms with Crippen LogP contribution in [-0.2, 0) is 11.2 Å². The number of anilines is 1. The molecule has 8 heteroatoms. The van der Waals surface area contributed by atoms with Crippen LogP contribution in [0.3, 0.4) is 0 Å². The first-order valence-electron chi connectivity index (χ1n) is 7.21. The zero-order valence-electron chi connectivity index (χ0n) is 12.5. The van der Waals surface area contributed by atoms with Crippen molar-refractivity contribution in [3.8, 4) is 0 Å². The molecule has 0 atom stereocenters. The number of hydrogen-bond donors (Lipinski definition) is 1. The van der Waals surface area contributed by atoms with Gasteiger partial charge >= 0.3 is 0 Å². The summed E-state index contributed by atoms with van der Waals surface area (Å²) >= 11 is 1.63. The molecule has 3 aromatic rings. The van der Waals surface area contributed by atoms with E-state index in [1.807, 2.05) is 24.3 Å². The number of hydrogen-bond acceptors (Lipinski definition) is 5. The van der Waals surface area contributed by atoms with E-state index in [0.29, 0.717) is 11.3 Å². The number of benzene rings is 1. The van der Waals surface area contributed by atoms with Crippen molar-refractivity contribution in [2.24, 2.45) is 5.11 Å². The zero-order valence-corrected chi connectivity index (χ0v) is 13.3. The SMILES string of the molecule is CCCc1nc2c(NC(=O)CN=[N+]=[N-])nc3ccccc3c2s1. The summed E-state index contributed by atoms with van der Waals surface area (Å²) in [4.78, 5) is 23.6. The molecule has 1 aromatic carbocycles. The minimum atomic E-state index is -0.406. The second-order valence-electron chi connectivity index (χ2n) is 4.95. The molecule has 2 heterocycles. The lowest BCUT2D eigenvalue weighted by Crippen LogP contribution is -2.15. The second kappa shape index (κ2) is 6.60. The standard InChI is InChI=1S/C15H14N6OS/c1-2-5-12-20-13-14(23-12)9-6-3-4-7-10(9)18-15(13)19-11(22)8-17-21-16/h3-4,6-7H,2,5,8H2,1H3,(H,18,19,22). The van der Waals surface area contributed by atoms with Crippen LogP contribution in [0.15, 0.2) is 29.4 Å². The zero-order chi connectivity index (χ0) is 16.2. The Morgan fingerprint density at radius 3 is 3.00 bits per heavy atom. The second-order valence-corrected chi connectivity index (χ2v) is 6.03. The number of nitrogens with one attached hydrogen (secondary N) is 1. The number of pyridine rings is 1.